The van der Waals surface area contributed by atoms with E-state index in [1.54, 1.807) is 48.5 Å². The molecule has 0 aliphatic carbocycles. The van der Waals surface area contributed by atoms with Crippen LogP contribution in [0.3, 0.4) is 0 Å². The molecular formula is C26H31N11O3. The van der Waals surface area contributed by atoms with Gasteiger partial charge in [0, 0.05) is 52.7 Å². The summed E-state index contributed by atoms with van der Waals surface area (Å²) in [4.78, 5) is 51.6. The number of hydrogen-bond acceptors (Lipinski definition) is 5. The SMILES string of the molecule is NC(N)=NCCCNC(=O)c1ccc2[nH]c(C(=O)Nc3ccc4[nH]c(C(=O)NCCN=C(N)N)cc4c3)cc2c1. The highest BCUT2D eigenvalue weighted by atomic mass is 16.2. The highest BCUT2D eigenvalue weighted by Gasteiger charge is 2.14. The van der Waals surface area contributed by atoms with E-state index in [9.17, 15) is 14.4 Å². The first kappa shape index (κ1) is 27.5. The molecule has 4 rings (SSSR count). The minimum atomic E-state index is -0.352. The van der Waals surface area contributed by atoms with E-state index in [1.165, 1.54) is 0 Å². The van der Waals surface area contributed by atoms with Gasteiger partial charge in [-0.05, 0) is 55.0 Å². The molecular weight excluding hydrogens is 514 g/mol. The number of benzene rings is 2. The Balaban J connectivity index is 1.38. The van der Waals surface area contributed by atoms with Gasteiger partial charge in [-0.25, -0.2) is 0 Å². The van der Waals surface area contributed by atoms with E-state index in [2.05, 4.69) is 35.9 Å². The van der Waals surface area contributed by atoms with Crippen LogP contribution in [0, 0.1) is 0 Å². The Kier molecular flexibility index (Phi) is 8.49. The van der Waals surface area contributed by atoms with Crippen molar-refractivity contribution in [2.24, 2.45) is 32.9 Å². The average Bonchev–Trinajstić information content (AvgIpc) is 3.54. The molecule has 0 atom stereocenters. The minimum absolute atomic E-state index is 0.0146. The number of aliphatic imine (C=N–C) groups is 2. The summed E-state index contributed by atoms with van der Waals surface area (Å²) in [5.74, 6) is -0.914. The Morgan fingerprint density at radius 3 is 1.98 bits per heavy atom. The van der Waals surface area contributed by atoms with Crippen molar-refractivity contribution in [1.82, 2.24) is 20.6 Å². The number of amides is 3. The number of rotatable bonds is 11. The van der Waals surface area contributed by atoms with Crippen LogP contribution in [-0.4, -0.2) is 65.8 Å². The number of guanidine groups is 2. The van der Waals surface area contributed by atoms with Gasteiger partial charge >= 0.3 is 0 Å². The van der Waals surface area contributed by atoms with Crippen molar-refractivity contribution in [2.75, 3.05) is 31.5 Å². The van der Waals surface area contributed by atoms with Gasteiger partial charge < -0.3 is 48.9 Å². The molecule has 2 aromatic carbocycles. The van der Waals surface area contributed by atoms with E-state index in [4.69, 9.17) is 22.9 Å². The van der Waals surface area contributed by atoms with Crippen LogP contribution in [0.2, 0.25) is 0 Å². The molecule has 208 valence electrons. The first-order valence-corrected chi connectivity index (χ1v) is 12.4. The first-order valence-electron chi connectivity index (χ1n) is 12.4. The van der Waals surface area contributed by atoms with E-state index in [-0.39, 0.29) is 42.7 Å². The molecule has 0 spiro atoms. The van der Waals surface area contributed by atoms with Crippen LogP contribution >= 0.6 is 0 Å². The third-order valence-corrected chi connectivity index (χ3v) is 5.86. The van der Waals surface area contributed by atoms with Gasteiger partial charge in [0.2, 0.25) is 0 Å². The van der Waals surface area contributed by atoms with Crippen molar-refractivity contribution >= 4 is 57.1 Å². The Hall–Kier alpha value is -5.53. The standard InChI is InChI=1S/C26H31N11O3/c27-25(28)33-7-1-6-31-22(38)14-2-4-18-15(10-14)12-21(37-18)24(40)35-17-3-5-19-16(11-17)13-20(36-19)23(39)32-8-9-34-26(29)30/h2-5,10-13,36-37H,1,6-9H2,(H,31,38)(H,32,39)(H,35,40)(H4,27,28,33)(H4,29,30,34). The lowest BCUT2D eigenvalue weighted by Gasteiger charge is -2.04. The Morgan fingerprint density at radius 1 is 0.675 bits per heavy atom. The number of fused-ring (bicyclic) bond motifs is 2. The van der Waals surface area contributed by atoms with Crippen molar-refractivity contribution in [1.29, 1.82) is 0 Å². The number of hydrogen-bond donors (Lipinski definition) is 9. The molecule has 2 heterocycles. The number of nitrogens with zero attached hydrogens (tertiary/aromatic N) is 2. The van der Waals surface area contributed by atoms with Crippen molar-refractivity contribution < 1.29 is 14.4 Å². The minimum Gasteiger partial charge on any atom is -0.370 e. The van der Waals surface area contributed by atoms with Crippen molar-refractivity contribution in [3.05, 3.63) is 65.5 Å². The summed E-state index contributed by atoms with van der Waals surface area (Å²) >= 11 is 0. The van der Waals surface area contributed by atoms with Gasteiger partial charge in [0.1, 0.15) is 11.4 Å². The fourth-order valence-electron chi connectivity index (χ4n) is 3.97. The van der Waals surface area contributed by atoms with Gasteiger partial charge in [0.25, 0.3) is 17.7 Å². The third-order valence-electron chi connectivity index (χ3n) is 5.86. The van der Waals surface area contributed by atoms with E-state index >= 15 is 0 Å². The van der Waals surface area contributed by atoms with E-state index in [0.29, 0.717) is 47.7 Å². The second kappa shape index (κ2) is 12.3. The summed E-state index contributed by atoms with van der Waals surface area (Å²) < 4.78 is 0. The number of nitrogens with two attached hydrogens (primary N) is 4. The summed E-state index contributed by atoms with van der Waals surface area (Å²) in [5.41, 5.74) is 24.3. The molecule has 14 heteroatoms. The first-order chi connectivity index (χ1) is 19.2. The highest BCUT2D eigenvalue weighted by molar-refractivity contribution is 6.08. The second-order valence-electron chi connectivity index (χ2n) is 8.90. The zero-order valence-electron chi connectivity index (χ0n) is 21.6. The normalized spacial score (nSPS) is 10.7. The summed E-state index contributed by atoms with van der Waals surface area (Å²) in [7, 11) is 0. The number of aromatic amines is 2. The lowest BCUT2D eigenvalue weighted by atomic mass is 10.1. The number of aromatic nitrogens is 2. The molecule has 3 amide bonds. The van der Waals surface area contributed by atoms with Crippen LogP contribution < -0.4 is 38.9 Å². The summed E-state index contributed by atoms with van der Waals surface area (Å²) in [6.07, 6.45) is 0.601. The highest BCUT2D eigenvalue weighted by Crippen LogP contribution is 2.22. The van der Waals surface area contributed by atoms with Gasteiger partial charge in [0.05, 0.1) is 6.54 Å². The maximum atomic E-state index is 12.9. The summed E-state index contributed by atoms with van der Waals surface area (Å²) in [6.45, 7) is 1.40. The van der Waals surface area contributed by atoms with Crippen molar-refractivity contribution in [3.8, 4) is 0 Å². The molecule has 4 aromatic rings. The second-order valence-corrected chi connectivity index (χ2v) is 8.90. The van der Waals surface area contributed by atoms with Crippen LogP contribution in [0.25, 0.3) is 21.8 Å². The van der Waals surface area contributed by atoms with Gasteiger partial charge in [-0.1, -0.05) is 0 Å². The Labute approximate surface area is 228 Å². The lowest BCUT2D eigenvalue weighted by Crippen LogP contribution is -2.28. The Morgan fingerprint density at radius 2 is 1.27 bits per heavy atom. The summed E-state index contributed by atoms with van der Waals surface area (Å²) in [5, 5.41) is 9.87. The molecule has 0 fully saturated rings. The largest absolute Gasteiger partial charge is 0.370 e. The maximum Gasteiger partial charge on any atom is 0.272 e. The van der Waals surface area contributed by atoms with Gasteiger partial charge in [-0.15, -0.1) is 0 Å². The van der Waals surface area contributed by atoms with Crippen LogP contribution in [0.1, 0.15) is 37.8 Å². The van der Waals surface area contributed by atoms with Crippen molar-refractivity contribution in [3.63, 3.8) is 0 Å². The fraction of sp³-hybridized carbons (Fsp3) is 0.192. The zero-order chi connectivity index (χ0) is 28.6. The molecule has 0 aliphatic heterocycles. The predicted molar refractivity (Wildman–Crippen MR) is 155 cm³/mol. The maximum absolute atomic E-state index is 12.9. The molecule has 13 N–H and O–H groups in total. The third kappa shape index (κ3) is 7.06. The lowest BCUT2D eigenvalue weighted by molar-refractivity contribution is 0.0944. The summed E-state index contributed by atoms with van der Waals surface area (Å²) in [6, 6.07) is 13.8. The van der Waals surface area contributed by atoms with E-state index in [0.717, 1.165) is 16.3 Å². The number of nitrogens with one attached hydrogen (secondary N) is 5. The van der Waals surface area contributed by atoms with Crippen LogP contribution in [0.4, 0.5) is 5.69 Å². The molecule has 0 saturated carbocycles. The zero-order valence-corrected chi connectivity index (χ0v) is 21.6. The molecule has 40 heavy (non-hydrogen) atoms. The molecule has 0 unspecified atom stereocenters. The quantitative estimate of drug-likeness (QED) is 0.0723. The predicted octanol–water partition coefficient (Wildman–Crippen LogP) is 0.298. The number of anilines is 1. The molecule has 0 radical (unpaired) electrons. The topological polar surface area (TPSA) is 248 Å². The molecule has 2 aromatic heterocycles. The molecule has 0 bridgehead atoms. The monoisotopic (exact) mass is 545 g/mol. The molecule has 14 nitrogen and oxygen atoms in total. The number of carbonyl (C=O) groups excluding carboxylic acids is 3. The fourth-order valence-corrected chi connectivity index (χ4v) is 3.97. The Bertz CT molecular complexity index is 1610. The number of H-pyrrole nitrogens is 2. The smallest absolute Gasteiger partial charge is 0.272 e. The van der Waals surface area contributed by atoms with Gasteiger partial charge in [0.15, 0.2) is 11.9 Å². The van der Waals surface area contributed by atoms with Gasteiger partial charge in [-0.2, -0.15) is 0 Å². The molecule has 0 aliphatic rings. The van der Waals surface area contributed by atoms with Crippen LogP contribution in [0.5, 0.6) is 0 Å². The van der Waals surface area contributed by atoms with Crippen LogP contribution in [-0.2, 0) is 0 Å². The number of carbonyl (C=O) groups is 3. The molecule has 0 saturated heterocycles. The van der Waals surface area contributed by atoms with E-state index in [1.807, 2.05) is 0 Å². The van der Waals surface area contributed by atoms with Gasteiger partial charge in [-0.3, -0.25) is 24.4 Å². The average molecular weight is 546 g/mol. The van der Waals surface area contributed by atoms with Crippen molar-refractivity contribution in [2.45, 2.75) is 6.42 Å². The van der Waals surface area contributed by atoms with E-state index < -0.39 is 0 Å². The van der Waals surface area contributed by atoms with Crippen LogP contribution in [0.15, 0.2) is 58.5 Å².